The van der Waals surface area contributed by atoms with Crippen LogP contribution in [0.5, 0.6) is 0 Å². The molecule has 0 atom stereocenters. The van der Waals surface area contributed by atoms with Gasteiger partial charge in [-0.3, -0.25) is 0 Å². The number of hydrogen-bond acceptors (Lipinski definition) is 5. The number of para-hydroxylation sites is 2. The molecule has 4 rings (SSSR count). The van der Waals surface area contributed by atoms with Gasteiger partial charge >= 0.3 is 0 Å². The highest BCUT2D eigenvalue weighted by molar-refractivity contribution is 7.15. The van der Waals surface area contributed by atoms with Gasteiger partial charge in [0.1, 0.15) is 10.8 Å². The highest BCUT2D eigenvalue weighted by Gasteiger charge is 2.27. The summed E-state index contributed by atoms with van der Waals surface area (Å²) in [5, 5.41) is 11.0. The van der Waals surface area contributed by atoms with Gasteiger partial charge in [-0.25, -0.2) is 4.98 Å². The molecule has 2 aromatic heterocycles. The van der Waals surface area contributed by atoms with Crippen molar-refractivity contribution in [3.05, 3.63) is 35.1 Å². The Morgan fingerprint density at radius 3 is 2.50 bits per heavy atom. The van der Waals surface area contributed by atoms with Crippen LogP contribution < -0.4 is 4.90 Å². The van der Waals surface area contributed by atoms with E-state index in [-0.39, 0.29) is 5.41 Å². The number of rotatable bonds is 3. The lowest BCUT2D eigenvalue weighted by molar-refractivity contribution is 0.394. The molecule has 3 heterocycles. The number of nitrogens with zero attached hydrogens (tertiary/aromatic N) is 5. The van der Waals surface area contributed by atoms with Crippen LogP contribution >= 0.6 is 11.3 Å². The first-order chi connectivity index (χ1) is 12.5. The maximum atomic E-state index is 4.84. The van der Waals surface area contributed by atoms with Gasteiger partial charge in [-0.15, -0.1) is 10.2 Å². The van der Waals surface area contributed by atoms with Gasteiger partial charge < -0.3 is 9.47 Å². The number of anilines is 1. The maximum absolute atomic E-state index is 4.84. The van der Waals surface area contributed by atoms with Crippen molar-refractivity contribution < 1.29 is 0 Å². The minimum Gasteiger partial charge on any atom is -0.347 e. The van der Waals surface area contributed by atoms with Crippen LogP contribution in [0.4, 0.5) is 5.13 Å². The lowest BCUT2D eigenvalue weighted by Gasteiger charge is -2.33. The first kappa shape index (κ1) is 17.5. The summed E-state index contributed by atoms with van der Waals surface area (Å²) in [4.78, 5) is 7.24. The number of aryl methyl sites for hydroxylation is 1. The number of benzene rings is 1. The van der Waals surface area contributed by atoms with Crippen LogP contribution in [-0.2, 0) is 11.8 Å². The summed E-state index contributed by atoms with van der Waals surface area (Å²) in [5.41, 5.74) is 2.46. The molecule has 138 valence electrons. The minimum atomic E-state index is 0.0694. The quantitative estimate of drug-likeness (QED) is 0.677. The van der Waals surface area contributed by atoms with Crippen LogP contribution in [0.25, 0.3) is 11.0 Å². The molecule has 0 saturated carbocycles. The Balaban J connectivity index is 1.53. The van der Waals surface area contributed by atoms with Crippen LogP contribution in [-0.4, -0.2) is 32.8 Å². The molecule has 3 aromatic rings. The molecule has 1 aliphatic rings. The van der Waals surface area contributed by atoms with E-state index in [4.69, 9.17) is 4.98 Å². The van der Waals surface area contributed by atoms with Gasteiger partial charge in [0.25, 0.3) is 0 Å². The Morgan fingerprint density at radius 2 is 1.85 bits per heavy atom. The van der Waals surface area contributed by atoms with Crippen molar-refractivity contribution in [2.75, 3.05) is 18.0 Å². The van der Waals surface area contributed by atoms with Crippen molar-refractivity contribution in [3.8, 4) is 0 Å². The third-order valence-corrected chi connectivity index (χ3v) is 6.55. The Kier molecular flexibility index (Phi) is 4.47. The Hall–Kier alpha value is -1.95. The van der Waals surface area contributed by atoms with Gasteiger partial charge in [0.05, 0.1) is 11.0 Å². The Morgan fingerprint density at radius 1 is 1.12 bits per heavy atom. The second-order valence-electron chi connectivity index (χ2n) is 8.10. The van der Waals surface area contributed by atoms with E-state index in [0.29, 0.717) is 6.04 Å². The first-order valence-corrected chi connectivity index (χ1v) is 10.3. The van der Waals surface area contributed by atoms with Crippen molar-refractivity contribution in [1.82, 2.24) is 19.7 Å². The topological polar surface area (TPSA) is 46.8 Å². The second-order valence-corrected chi connectivity index (χ2v) is 9.05. The molecule has 0 unspecified atom stereocenters. The number of imidazole rings is 1. The van der Waals surface area contributed by atoms with Gasteiger partial charge in [0.15, 0.2) is 0 Å². The highest BCUT2D eigenvalue weighted by atomic mass is 32.1. The van der Waals surface area contributed by atoms with Crippen LogP contribution in [0.1, 0.15) is 57.4 Å². The van der Waals surface area contributed by atoms with E-state index >= 15 is 0 Å². The van der Waals surface area contributed by atoms with Crippen LogP contribution in [0, 0.1) is 0 Å². The summed E-state index contributed by atoms with van der Waals surface area (Å²) in [6.07, 6.45) is 3.22. The molecule has 1 aromatic carbocycles. The molecule has 1 aliphatic heterocycles. The molecule has 6 heteroatoms. The second kappa shape index (κ2) is 6.65. The molecule has 0 N–H and O–H groups in total. The summed E-state index contributed by atoms with van der Waals surface area (Å²) in [7, 11) is 0. The summed E-state index contributed by atoms with van der Waals surface area (Å²) in [5.74, 6) is 1.20. The fourth-order valence-electron chi connectivity index (χ4n) is 3.71. The van der Waals surface area contributed by atoms with E-state index in [2.05, 4.69) is 71.6 Å². The lowest BCUT2D eigenvalue weighted by atomic mass is 9.98. The average molecular weight is 370 g/mol. The van der Waals surface area contributed by atoms with Gasteiger partial charge in [0, 0.05) is 31.0 Å². The molecule has 0 amide bonds. The zero-order chi connectivity index (χ0) is 18.3. The van der Waals surface area contributed by atoms with Gasteiger partial charge in [-0.2, -0.15) is 0 Å². The van der Waals surface area contributed by atoms with Gasteiger partial charge in [-0.05, 0) is 25.0 Å². The summed E-state index contributed by atoms with van der Waals surface area (Å²) in [6.45, 7) is 10.8. The van der Waals surface area contributed by atoms with Crippen molar-refractivity contribution in [3.63, 3.8) is 0 Å². The standard InChI is InChI=1S/C20H27N5S/c1-5-17-21-15-8-6-7-9-16(15)25(17)14-10-12-24(13-11-14)19-23-22-18(26-19)20(2,3)4/h6-9,14H,5,10-13H2,1-4H3. The van der Waals surface area contributed by atoms with Crippen molar-refractivity contribution in [2.24, 2.45) is 0 Å². The zero-order valence-electron chi connectivity index (χ0n) is 16.1. The summed E-state index contributed by atoms with van der Waals surface area (Å²) < 4.78 is 2.48. The van der Waals surface area contributed by atoms with Crippen molar-refractivity contribution in [2.45, 2.75) is 58.4 Å². The zero-order valence-corrected chi connectivity index (χ0v) is 16.9. The Bertz CT molecular complexity index is 896. The van der Waals surface area contributed by atoms with Crippen LogP contribution in [0.3, 0.4) is 0 Å². The molecule has 0 bridgehead atoms. The monoisotopic (exact) mass is 369 g/mol. The van der Waals surface area contributed by atoms with Gasteiger partial charge in [0.2, 0.25) is 5.13 Å². The highest BCUT2D eigenvalue weighted by Crippen LogP contribution is 2.34. The van der Waals surface area contributed by atoms with E-state index in [1.807, 2.05) is 0 Å². The average Bonchev–Trinajstić information content (AvgIpc) is 3.26. The SMILES string of the molecule is CCc1nc2ccccc2n1C1CCN(c2nnc(C(C)(C)C)s2)CC1. The van der Waals surface area contributed by atoms with E-state index < -0.39 is 0 Å². The lowest BCUT2D eigenvalue weighted by Crippen LogP contribution is -2.35. The van der Waals surface area contributed by atoms with E-state index in [9.17, 15) is 0 Å². The van der Waals surface area contributed by atoms with Crippen molar-refractivity contribution >= 4 is 27.5 Å². The largest absolute Gasteiger partial charge is 0.347 e. The predicted molar refractivity (Wildman–Crippen MR) is 108 cm³/mol. The summed E-state index contributed by atoms with van der Waals surface area (Å²) in [6, 6.07) is 9.03. The molecular weight excluding hydrogens is 342 g/mol. The van der Waals surface area contributed by atoms with Crippen molar-refractivity contribution in [1.29, 1.82) is 0 Å². The van der Waals surface area contributed by atoms with E-state index in [1.54, 1.807) is 11.3 Å². The summed E-state index contributed by atoms with van der Waals surface area (Å²) >= 11 is 1.74. The van der Waals surface area contributed by atoms with Gasteiger partial charge in [-0.1, -0.05) is 51.2 Å². The predicted octanol–water partition coefficient (Wildman–Crippen LogP) is 4.59. The Labute approximate surface area is 159 Å². The first-order valence-electron chi connectivity index (χ1n) is 9.52. The molecule has 1 saturated heterocycles. The van der Waals surface area contributed by atoms with E-state index in [0.717, 1.165) is 48.0 Å². The number of aromatic nitrogens is 4. The number of piperidine rings is 1. The van der Waals surface area contributed by atoms with E-state index in [1.165, 1.54) is 11.3 Å². The van der Waals surface area contributed by atoms with Crippen LogP contribution in [0.15, 0.2) is 24.3 Å². The van der Waals surface area contributed by atoms with Crippen LogP contribution in [0.2, 0.25) is 0 Å². The molecule has 5 nitrogen and oxygen atoms in total. The fraction of sp³-hybridized carbons (Fsp3) is 0.550. The molecule has 1 fully saturated rings. The molecule has 0 radical (unpaired) electrons. The molecule has 26 heavy (non-hydrogen) atoms. The smallest absolute Gasteiger partial charge is 0.208 e. The number of hydrogen-bond donors (Lipinski definition) is 0. The minimum absolute atomic E-state index is 0.0694. The fourth-order valence-corrected chi connectivity index (χ4v) is 4.67. The maximum Gasteiger partial charge on any atom is 0.208 e. The number of fused-ring (bicyclic) bond motifs is 1. The molecule has 0 spiro atoms. The third-order valence-electron chi connectivity index (χ3n) is 5.14. The molecule has 0 aliphatic carbocycles. The third kappa shape index (κ3) is 3.11. The molecular formula is C20H27N5S. The normalized spacial score (nSPS) is 16.5.